The van der Waals surface area contributed by atoms with Crippen LogP contribution in [0.15, 0.2) is 47.9 Å². The average molecular weight is 675 g/mol. The lowest BCUT2D eigenvalue weighted by atomic mass is 10.2. The third kappa shape index (κ3) is 15.4. The molecule has 0 unspecified atom stereocenters. The molecule has 1 aliphatic rings. The normalized spacial score (nSPS) is 12.8. The van der Waals surface area contributed by atoms with Crippen molar-refractivity contribution in [2.75, 3.05) is 52.7 Å². The lowest BCUT2D eigenvalue weighted by Crippen LogP contribution is -2.63. The number of carbonyl (C=O) groups is 6. The summed E-state index contributed by atoms with van der Waals surface area (Å²) >= 11 is 0. The molecule has 0 atom stereocenters. The molecule has 18 nitrogen and oxygen atoms in total. The van der Waals surface area contributed by atoms with Crippen molar-refractivity contribution in [2.24, 2.45) is 9.98 Å². The van der Waals surface area contributed by atoms with Crippen LogP contribution in [-0.4, -0.2) is 116 Å². The van der Waals surface area contributed by atoms with Gasteiger partial charge in [0.05, 0.1) is 26.4 Å². The van der Waals surface area contributed by atoms with Gasteiger partial charge in [0.25, 0.3) is 0 Å². The minimum atomic E-state index is -1.83. The second kappa shape index (κ2) is 22.3. The molecule has 0 aromatic heterocycles. The molecule has 48 heavy (non-hydrogen) atoms. The summed E-state index contributed by atoms with van der Waals surface area (Å²) in [6, 6.07) is 0. The van der Waals surface area contributed by atoms with Gasteiger partial charge < -0.3 is 41.7 Å². The maximum atomic E-state index is 13.2. The predicted octanol–water partition coefficient (Wildman–Crippen LogP) is -2.10. The quantitative estimate of drug-likeness (QED) is 0.0461. The fraction of sp³-hybridized carbons (Fsp3) is 0.533. The van der Waals surface area contributed by atoms with Crippen LogP contribution in [0.2, 0.25) is 0 Å². The topological polar surface area (TPSA) is 230 Å². The molecule has 0 radical (unpaired) electrons. The van der Waals surface area contributed by atoms with Crippen LogP contribution in [0.4, 0.5) is 0 Å². The van der Waals surface area contributed by atoms with Gasteiger partial charge in [-0.2, -0.15) is 0 Å². The number of hydrogen-bond acceptors (Lipinski definition) is 12. The van der Waals surface area contributed by atoms with Crippen LogP contribution in [-0.2, 0) is 28.8 Å². The van der Waals surface area contributed by atoms with Gasteiger partial charge in [-0.05, 0) is 37.5 Å². The van der Waals surface area contributed by atoms with Crippen molar-refractivity contribution in [3.63, 3.8) is 0 Å². The summed E-state index contributed by atoms with van der Waals surface area (Å²) < 4.78 is 0. The van der Waals surface area contributed by atoms with E-state index in [0.717, 1.165) is 18.2 Å². The molecule has 1 rings (SSSR count). The van der Waals surface area contributed by atoms with Crippen LogP contribution < -0.4 is 42.5 Å². The minimum absolute atomic E-state index is 0.0316. The fourth-order valence-electron chi connectivity index (χ4n) is 3.84. The fourth-order valence-corrected chi connectivity index (χ4v) is 3.84. The highest BCUT2D eigenvalue weighted by atomic mass is 16.2. The molecule has 266 valence electrons. The van der Waals surface area contributed by atoms with Crippen LogP contribution >= 0.6 is 0 Å². The molecule has 1 aliphatic heterocycles. The van der Waals surface area contributed by atoms with Gasteiger partial charge in [0, 0.05) is 19.6 Å². The molecule has 6 amide bonds. The Morgan fingerprint density at radius 1 is 0.646 bits per heavy atom. The number of aliphatic imine (C=N–C) groups is 2. The summed E-state index contributed by atoms with van der Waals surface area (Å²) in [7, 11) is 0. The molecule has 1 heterocycles. The van der Waals surface area contributed by atoms with Crippen molar-refractivity contribution in [1.29, 1.82) is 0 Å². The molecule has 0 saturated heterocycles. The van der Waals surface area contributed by atoms with Gasteiger partial charge in [-0.15, -0.1) is 0 Å². The Kier molecular flexibility index (Phi) is 18.9. The third-order valence-electron chi connectivity index (χ3n) is 6.28. The van der Waals surface area contributed by atoms with E-state index >= 15 is 0 Å². The first-order valence-corrected chi connectivity index (χ1v) is 15.7. The van der Waals surface area contributed by atoms with Crippen LogP contribution in [0.5, 0.6) is 0 Å². The average Bonchev–Trinajstić information content (AvgIpc) is 3.08. The van der Waals surface area contributed by atoms with Crippen molar-refractivity contribution in [1.82, 2.24) is 52.3 Å². The highest BCUT2D eigenvalue weighted by Crippen LogP contribution is 2.20. The second-order valence-electron chi connectivity index (χ2n) is 10.3. The van der Waals surface area contributed by atoms with Crippen molar-refractivity contribution in [3.05, 3.63) is 38.0 Å². The van der Waals surface area contributed by atoms with E-state index < -0.39 is 47.7 Å². The van der Waals surface area contributed by atoms with Crippen LogP contribution in [0.3, 0.4) is 0 Å². The standard InChI is InChI=1S/C30H50N12O6/c1-7-13-31-25(46)16-30(37-19-34-22(43)10-4)39-28(41(20-35-23(44)11-5)17-26(47)32-14-8-2)38-29(40-30)42(21-36-24(45)12-6)18-27(48)33-15-9-3/h10-12,37H,4-9,13-21H2,1-3H3,(H,31,46)(H,32,47)(H,33,48)(H,34,43)(H,35,44)(H,36,45)(H,38,39,40). The maximum absolute atomic E-state index is 13.2. The van der Waals surface area contributed by atoms with E-state index in [1.165, 1.54) is 9.80 Å². The summed E-state index contributed by atoms with van der Waals surface area (Å²) in [5.74, 6) is -4.72. The highest BCUT2D eigenvalue weighted by molar-refractivity contribution is 6.03. The smallest absolute Gasteiger partial charge is 0.244 e. The summed E-state index contributed by atoms with van der Waals surface area (Å²) in [6.45, 7) is 15.9. The van der Waals surface area contributed by atoms with Crippen molar-refractivity contribution in [3.8, 4) is 0 Å². The van der Waals surface area contributed by atoms with E-state index in [9.17, 15) is 28.8 Å². The molecule has 0 aromatic rings. The number of carbonyl (C=O) groups excluding carboxylic acids is 6. The molecule has 8 N–H and O–H groups in total. The lowest BCUT2D eigenvalue weighted by Gasteiger charge is -2.38. The molecule has 0 spiro atoms. The maximum Gasteiger partial charge on any atom is 0.244 e. The Bertz CT molecular complexity index is 1170. The summed E-state index contributed by atoms with van der Waals surface area (Å²) in [6.07, 6.45) is 4.79. The number of amides is 6. The Morgan fingerprint density at radius 3 is 1.44 bits per heavy atom. The first kappa shape index (κ1) is 40.8. The van der Waals surface area contributed by atoms with Gasteiger partial charge in [-0.25, -0.2) is 9.98 Å². The van der Waals surface area contributed by atoms with Crippen molar-refractivity contribution < 1.29 is 28.8 Å². The van der Waals surface area contributed by atoms with Gasteiger partial charge in [0.1, 0.15) is 13.1 Å². The summed E-state index contributed by atoms with van der Waals surface area (Å²) in [4.78, 5) is 87.5. The Hall–Kier alpha value is -5.26. The molecular weight excluding hydrogens is 624 g/mol. The van der Waals surface area contributed by atoms with E-state index in [1.54, 1.807) is 0 Å². The number of hydrogen-bond donors (Lipinski definition) is 8. The zero-order valence-electron chi connectivity index (χ0n) is 28.1. The SMILES string of the molecule is C=CC(=O)NCNC1(CC(=O)NCCC)N=C(N(CNC(=O)C=C)CC(=O)NCCC)NC(N(CNC(=O)C=C)CC(=O)NCCC)=N1. The number of rotatable bonds is 22. The second-order valence-corrected chi connectivity index (χ2v) is 10.3. The number of nitrogens with one attached hydrogen (secondary N) is 8. The van der Waals surface area contributed by atoms with Gasteiger partial charge in [0.2, 0.25) is 53.1 Å². The van der Waals surface area contributed by atoms with Gasteiger partial charge >= 0.3 is 0 Å². The minimum Gasteiger partial charge on any atom is -0.356 e. The van der Waals surface area contributed by atoms with Gasteiger partial charge in [-0.3, -0.25) is 39.4 Å². The molecule has 0 aromatic carbocycles. The molecule has 18 heteroatoms. The Balaban J connectivity index is 3.85. The first-order valence-electron chi connectivity index (χ1n) is 15.7. The predicted molar refractivity (Wildman–Crippen MR) is 181 cm³/mol. The zero-order chi connectivity index (χ0) is 36.0. The molecule has 0 bridgehead atoms. The molecule has 0 fully saturated rings. The Morgan fingerprint density at radius 2 is 1.04 bits per heavy atom. The van der Waals surface area contributed by atoms with Gasteiger partial charge in [-0.1, -0.05) is 40.5 Å². The Labute approximate surface area is 281 Å². The summed E-state index contributed by atoms with van der Waals surface area (Å²) in [5.41, 5.74) is 0. The van der Waals surface area contributed by atoms with Crippen molar-refractivity contribution in [2.45, 2.75) is 52.2 Å². The lowest BCUT2D eigenvalue weighted by molar-refractivity contribution is -0.123. The van der Waals surface area contributed by atoms with E-state index in [0.29, 0.717) is 38.9 Å². The monoisotopic (exact) mass is 674 g/mol. The van der Waals surface area contributed by atoms with Crippen LogP contribution in [0, 0.1) is 0 Å². The van der Waals surface area contributed by atoms with E-state index in [1.807, 2.05) is 20.8 Å². The highest BCUT2D eigenvalue weighted by Gasteiger charge is 2.39. The summed E-state index contributed by atoms with van der Waals surface area (Å²) in [5, 5.41) is 22.1. The zero-order valence-corrected chi connectivity index (χ0v) is 28.1. The molecular formula is C30H50N12O6. The van der Waals surface area contributed by atoms with E-state index in [4.69, 9.17) is 9.98 Å². The molecule has 0 saturated carbocycles. The van der Waals surface area contributed by atoms with Crippen LogP contribution in [0.1, 0.15) is 46.5 Å². The number of guanidine groups is 2. The van der Waals surface area contributed by atoms with E-state index in [-0.39, 0.29) is 45.0 Å². The van der Waals surface area contributed by atoms with Gasteiger partial charge in [0.15, 0.2) is 0 Å². The van der Waals surface area contributed by atoms with Crippen LogP contribution in [0.25, 0.3) is 0 Å². The first-order chi connectivity index (χ1) is 23.0. The van der Waals surface area contributed by atoms with E-state index in [2.05, 4.69) is 62.3 Å². The largest absolute Gasteiger partial charge is 0.356 e. The van der Waals surface area contributed by atoms with Crippen molar-refractivity contribution >= 4 is 47.4 Å². The molecule has 0 aliphatic carbocycles. The third-order valence-corrected chi connectivity index (χ3v) is 6.28. The number of nitrogens with zero attached hydrogens (tertiary/aromatic N) is 4.